The second-order valence-corrected chi connectivity index (χ2v) is 4.22. The van der Waals surface area contributed by atoms with Gasteiger partial charge in [-0.3, -0.25) is 4.79 Å². The fourth-order valence-corrected chi connectivity index (χ4v) is 1.73. The third-order valence-corrected chi connectivity index (χ3v) is 2.71. The van der Waals surface area contributed by atoms with Gasteiger partial charge in [0.2, 0.25) is 0 Å². The predicted octanol–water partition coefficient (Wildman–Crippen LogP) is 1.55. The van der Waals surface area contributed by atoms with Crippen LogP contribution in [0.25, 0.3) is 0 Å². The molecule has 0 aliphatic carbocycles. The van der Waals surface area contributed by atoms with Crippen molar-refractivity contribution in [3.05, 3.63) is 47.5 Å². The highest BCUT2D eigenvalue weighted by atomic mass is 35.5. The molecule has 3 N–H and O–H groups in total. The van der Waals surface area contributed by atoms with Crippen LogP contribution in [0, 0.1) is 0 Å². The third-order valence-electron chi connectivity index (χ3n) is 2.47. The van der Waals surface area contributed by atoms with Gasteiger partial charge in [0.15, 0.2) is 0 Å². The van der Waals surface area contributed by atoms with Crippen molar-refractivity contribution in [3.8, 4) is 0 Å². The molecule has 0 radical (unpaired) electrons. The minimum Gasteiger partial charge on any atom is -0.398 e. The van der Waals surface area contributed by atoms with Crippen LogP contribution in [-0.4, -0.2) is 22.0 Å². The molecule has 18 heavy (non-hydrogen) atoms. The zero-order chi connectivity index (χ0) is 13.0. The highest BCUT2D eigenvalue weighted by Crippen LogP contribution is 2.17. The van der Waals surface area contributed by atoms with E-state index in [-0.39, 0.29) is 5.91 Å². The first-order chi connectivity index (χ1) is 8.66. The molecule has 0 saturated heterocycles. The molecule has 0 unspecified atom stereocenters. The Balaban J connectivity index is 1.91. The summed E-state index contributed by atoms with van der Waals surface area (Å²) in [5.74, 6) is -0.204. The monoisotopic (exact) mass is 264 g/mol. The molecule has 1 aromatic carbocycles. The first-order valence-electron chi connectivity index (χ1n) is 5.46. The van der Waals surface area contributed by atoms with E-state index in [1.54, 1.807) is 30.7 Å². The second kappa shape index (κ2) is 5.55. The number of benzene rings is 1. The van der Waals surface area contributed by atoms with Crippen molar-refractivity contribution in [2.24, 2.45) is 0 Å². The summed E-state index contributed by atoms with van der Waals surface area (Å²) in [6.07, 6.45) is 5.23. The zero-order valence-electron chi connectivity index (χ0n) is 9.64. The van der Waals surface area contributed by atoms with Gasteiger partial charge < -0.3 is 15.6 Å². The molecule has 0 saturated carbocycles. The summed E-state index contributed by atoms with van der Waals surface area (Å²) in [5, 5.41) is 3.30. The van der Waals surface area contributed by atoms with E-state index in [1.807, 2.05) is 10.8 Å². The van der Waals surface area contributed by atoms with Crippen molar-refractivity contribution >= 4 is 23.2 Å². The fourth-order valence-electron chi connectivity index (χ4n) is 1.55. The molecule has 0 fully saturated rings. The van der Waals surface area contributed by atoms with Gasteiger partial charge in [-0.25, -0.2) is 4.98 Å². The van der Waals surface area contributed by atoms with E-state index in [9.17, 15) is 4.79 Å². The number of amides is 1. The van der Waals surface area contributed by atoms with E-state index < -0.39 is 0 Å². The van der Waals surface area contributed by atoms with Crippen LogP contribution in [0.3, 0.4) is 0 Å². The molecule has 94 valence electrons. The van der Waals surface area contributed by atoms with Crippen LogP contribution >= 0.6 is 11.6 Å². The Morgan fingerprint density at radius 2 is 2.33 bits per heavy atom. The lowest BCUT2D eigenvalue weighted by atomic mass is 10.1. The van der Waals surface area contributed by atoms with Gasteiger partial charge in [0.05, 0.1) is 11.9 Å². The lowest BCUT2D eigenvalue weighted by Crippen LogP contribution is -2.27. The lowest BCUT2D eigenvalue weighted by Gasteiger charge is -2.08. The quantitative estimate of drug-likeness (QED) is 0.823. The van der Waals surface area contributed by atoms with Crippen molar-refractivity contribution in [3.63, 3.8) is 0 Å². The number of aromatic nitrogens is 2. The molecule has 0 spiro atoms. The van der Waals surface area contributed by atoms with Crippen molar-refractivity contribution in [2.45, 2.75) is 6.54 Å². The first-order valence-corrected chi connectivity index (χ1v) is 5.83. The number of nitrogens with two attached hydrogens (primary N) is 1. The number of anilines is 1. The van der Waals surface area contributed by atoms with Gasteiger partial charge in [0.25, 0.3) is 5.91 Å². The summed E-state index contributed by atoms with van der Waals surface area (Å²) in [6.45, 7) is 1.18. The van der Waals surface area contributed by atoms with E-state index in [4.69, 9.17) is 17.3 Å². The van der Waals surface area contributed by atoms with E-state index in [1.165, 1.54) is 0 Å². The Labute approximate surface area is 110 Å². The maximum Gasteiger partial charge on any atom is 0.253 e. The number of halogens is 1. The highest BCUT2D eigenvalue weighted by Gasteiger charge is 2.08. The third kappa shape index (κ3) is 3.01. The Morgan fingerprint density at radius 3 is 3.00 bits per heavy atom. The SMILES string of the molecule is Nc1cc(Cl)ccc1C(=O)NCCn1ccnc1. The lowest BCUT2D eigenvalue weighted by molar-refractivity contribution is 0.0953. The number of carbonyl (C=O) groups is 1. The Kier molecular flexibility index (Phi) is 3.84. The van der Waals surface area contributed by atoms with Gasteiger partial charge in [-0.05, 0) is 18.2 Å². The largest absolute Gasteiger partial charge is 0.398 e. The van der Waals surface area contributed by atoms with Crippen molar-refractivity contribution in [1.82, 2.24) is 14.9 Å². The van der Waals surface area contributed by atoms with E-state index >= 15 is 0 Å². The van der Waals surface area contributed by atoms with Crippen LogP contribution < -0.4 is 11.1 Å². The molecular formula is C12H13ClN4O. The number of nitrogens with one attached hydrogen (secondary N) is 1. The van der Waals surface area contributed by atoms with Crippen LogP contribution in [0.5, 0.6) is 0 Å². The van der Waals surface area contributed by atoms with Gasteiger partial charge in [0, 0.05) is 36.2 Å². The number of carbonyl (C=O) groups excluding carboxylic acids is 1. The average Bonchev–Trinajstić information content (AvgIpc) is 2.81. The van der Waals surface area contributed by atoms with Gasteiger partial charge in [0.1, 0.15) is 0 Å². The topological polar surface area (TPSA) is 72.9 Å². The molecule has 6 heteroatoms. The maximum absolute atomic E-state index is 11.8. The van der Waals surface area contributed by atoms with Gasteiger partial charge in [-0.15, -0.1) is 0 Å². The zero-order valence-corrected chi connectivity index (χ0v) is 10.4. The van der Waals surface area contributed by atoms with Crippen molar-refractivity contribution in [2.75, 3.05) is 12.3 Å². The average molecular weight is 265 g/mol. The molecular weight excluding hydrogens is 252 g/mol. The number of hydrogen-bond acceptors (Lipinski definition) is 3. The van der Waals surface area contributed by atoms with Crippen LogP contribution in [0.4, 0.5) is 5.69 Å². The van der Waals surface area contributed by atoms with Gasteiger partial charge >= 0.3 is 0 Å². The van der Waals surface area contributed by atoms with Gasteiger partial charge in [-0.2, -0.15) is 0 Å². The summed E-state index contributed by atoms with van der Waals surface area (Å²) in [6, 6.07) is 4.82. The molecule has 0 atom stereocenters. The molecule has 2 rings (SSSR count). The fraction of sp³-hybridized carbons (Fsp3) is 0.167. The second-order valence-electron chi connectivity index (χ2n) is 3.79. The Morgan fingerprint density at radius 1 is 1.50 bits per heavy atom. The van der Waals surface area contributed by atoms with E-state index in [2.05, 4.69) is 10.3 Å². The molecule has 0 aliphatic heterocycles. The van der Waals surface area contributed by atoms with Crippen LogP contribution in [0.2, 0.25) is 5.02 Å². The summed E-state index contributed by atoms with van der Waals surface area (Å²) < 4.78 is 1.88. The summed E-state index contributed by atoms with van der Waals surface area (Å²) in [4.78, 5) is 15.8. The summed E-state index contributed by atoms with van der Waals surface area (Å²) >= 11 is 5.77. The molecule has 0 bridgehead atoms. The Hall–Kier alpha value is -2.01. The molecule has 1 aromatic heterocycles. The smallest absolute Gasteiger partial charge is 0.253 e. The van der Waals surface area contributed by atoms with Crippen LogP contribution in [0.15, 0.2) is 36.9 Å². The summed E-state index contributed by atoms with van der Waals surface area (Å²) in [7, 11) is 0. The molecule has 1 heterocycles. The standard InChI is InChI=1S/C12H13ClN4O/c13-9-1-2-10(11(14)7-9)12(18)16-4-6-17-5-3-15-8-17/h1-3,5,7-8H,4,6,14H2,(H,16,18). The molecule has 0 aliphatic rings. The van der Waals surface area contributed by atoms with Gasteiger partial charge in [-0.1, -0.05) is 11.6 Å². The van der Waals surface area contributed by atoms with Crippen molar-refractivity contribution in [1.29, 1.82) is 0 Å². The number of hydrogen-bond donors (Lipinski definition) is 2. The molecule has 1 amide bonds. The Bertz CT molecular complexity index is 539. The van der Waals surface area contributed by atoms with E-state index in [0.717, 1.165) is 0 Å². The number of nitrogen functional groups attached to an aromatic ring is 1. The van der Waals surface area contributed by atoms with E-state index in [0.29, 0.717) is 29.4 Å². The van der Waals surface area contributed by atoms with Crippen molar-refractivity contribution < 1.29 is 4.79 Å². The minimum absolute atomic E-state index is 0.204. The van der Waals surface area contributed by atoms with Crippen LogP contribution in [-0.2, 0) is 6.54 Å². The number of imidazole rings is 1. The first kappa shape index (κ1) is 12.4. The predicted molar refractivity (Wildman–Crippen MR) is 70.4 cm³/mol. The normalized spacial score (nSPS) is 10.3. The number of nitrogens with zero attached hydrogens (tertiary/aromatic N) is 2. The highest BCUT2D eigenvalue weighted by molar-refractivity contribution is 6.31. The maximum atomic E-state index is 11.8. The van der Waals surface area contributed by atoms with Crippen LogP contribution in [0.1, 0.15) is 10.4 Å². The number of rotatable bonds is 4. The molecule has 5 nitrogen and oxygen atoms in total. The minimum atomic E-state index is -0.204. The summed E-state index contributed by atoms with van der Waals surface area (Å²) in [5.41, 5.74) is 6.54. The molecule has 2 aromatic rings.